The van der Waals surface area contributed by atoms with Gasteiger partial charge in [-0.25, -0.2) is 0 Å². The van der Waals surface area contributed by atoms with Crippen molar-refractivity contribution in [3.63, 3.8) is 0 Å². The fraction of sp³-hybridized carbons (Fsp3) is 0.278. The predicted molar refractivity (Wildman–Crippen MR) is 85.4 cm³/mol. The molecule has 0 saturated carbocycles. The van der Waals surface area contributed by atoms with Crippen molar-refractivity contribution in [1.82, 2.24) is 0 Å². The lowest BCUT2D eigenvalue weighted by Gasteiger charge is -2.14. The molecule has 0 bridgehead atoms. The average molecular weight is 300 g/mol. The Balaban J connectivity index is 2.32. The molecular weight excluding hydrogens is 280 g/mol. The van der Waals surface area contributed by atoms with Crippen LogP contribution in [0.2, 0.25) is 0 Å². The van der Waals surface area contributed by atoms with Crippen LogP contribution in [0.1, 0.15) is 29.3 Å². The van der Waals surface area contributed by atoms with Gasteiger partial charge in [-0.1, -0.05) is 25.5 Å². The number of rotatable bonds is 7. The molecule has 0 radical (unpaired) electrons. The molecule has 4 heteroatoms. The highest BCUT2D eigenvalue weighted by molar-refractivity contribution is 5.78. The molecule has 0 fully saturated rings. The van der Waals surface area contributed by atoms with Crippen LogP contribution in [0.4, 0.5) is 0 Å². The molecule has 0 N–H and O–H groups in total. The van der Waals surface area contributed by atoms with Gasteiger partial charge in [0.15, 0.2) is 11.5 Å². The lowest BCUT2D eigenvalue weighted by Crippen LogP contribution is -1.96. The number of benzene rings is 2. The van der Waals surface area contributed by atoms with Crippen LogP contribution >= 0.6 is 0 Å². The van der Waals surface area contributed by atoms with Gasteiger partial charge in [0, 0.05) is 5.56 Å². The van der Waals surface area contributed by atoms with E-state index in [4.69, 9.17) is 14.2 Å². The minimum absolute atomic E-state index is 0.451. The molecule has 0 aliphatic heterocycles. The lowest BCUT2D eigenvalue weighted by atomic mass is 10.1. The quantitative estimate of drug-likeness (QED) is 0.717. The van der Waals surface area contributed by atoms with Crippen LogP contribution in [-0.4, -0.2) is 20.5 Å². The molecular formula is C18H20O4. The van der Waals surface area contributed by atoms with Gasteiger partial charge in [0.1, 0.15) is 12.0 Å². The second-order valence-electron chi connectivity index (χ2n) is 4.87. The number of aryl methyl sites for hydroxylation is 1. The number of methoxy groups -OCH3 is 2. The summed E-state index contributed by atoms with van der Waals surface area (Å²) in [6.45, 7) is 2.15. The summed E-state index contributed by atoms with van der Waals surface area (Å²) in [4.78, 5) is 11.0. The van der Waals surface area contributed by atoms with Gasteiger partial charge in [-0.15, -0.1) is 0 Å². The van der Waals surface area contributed by atoms with Crippen molar-refractivity contribution >= 4 is 6.29 Å². The van der Waals surface area contributed by atoms with E-state index in [1.807, 2.05) is 24.3 Å². The van der Waals surface area contributed by atoms with Crippen LogP contribution in [0.15, 0.2) is 36.4 Å². The van der Waals surface area contributed by atoms with E-state index in [0.29, 0.717) is 28.6 Å². The normalized spacial score (nSPS) is 10.1. The Hall–Kier alpha value is -2.49. The lowest BCUT2D eigenvalue weighted by molar-refractivity contribution is 0.112. The molecule has 4 nitrogen and oxygen atoms in total. The standard InChI is InChI=1S/C18H20O4/c1-4-5-13-6-8-15(9-7-13)22-17-11-14(12-19)10-16(20-2)18(17)21-3/h6-12H,4-5H2,1-3H3. The Bertz CT molecular complexity index is 632. The maximum atomic E-state index is 11.0. The highest BCUT2D eigenvalue weighted by Gasteiger charge is 2.14. The van der Waals surface area contributed by atoms with Crippen molar-refractivity contribution in [1.29, 1.82) is 0 Å². The van der Waals surface area contributed by atoms with Crippen LogP contribution in [0.5, 0.6) is 23.0 Å². The van der Waals surface area contributed by atoms with Crippen LogP contribution in [0, 0.1) is 0 Å². The van der Waals surface area contributed by atoms with E-state index in [2.05, 4.69) is 6.92 Å². The van der Waals surface area contributed by atoms with Crippen molar-refractivity contribution in [3.8, 4) is 23.0 Å². The summed E-state index contributed by atoms with van der Waals surface area (Å²) in [7, 11) is 3.06. The summed E-state index contributed by atoms with van der Waals surface area (Å²) in [5.41, 5.74) is 1.73. The van der Waals surface area contributed by atoms with E-state index in [1.54, 1.807) is 12.1 Å². The Kier molecular flexibility index (Phi) is 5.42. The van der Waals surface area contributed by atoms with Gasteiger partial charge in [0.2, 0.25) is 5.75 Å². The third-order valence-corrected chi connectivity index (χ3v) is 3.29. The summed E-state index contributed by atoms with van der Waals surface area (Å²) in [6, 6.07) is 11.1. The van der Waals surface area contributed by atoms with Crippen molar-refractivity contribution < 1.29 is 19.0 Å². The Labute approximate surface area is 130 Å². The third kappa shape index (κ3) is 3.58. The first-order chi connectivity index (χ1) is 10.7. The van der Waals surface area contributed by atoms with Gasteiger partial charge in [-0.3, -0.25) is 4.79 Å². The minimum Gasteiger partial charge on any atom is -0.493 e. The molecule has 0 aromatic heterocycles. The first-order valence-electron chi connectivity index (χ1n) is 7.19. The summed E-state index contributed by atoms with van der Waals surface area (Å²) < 4.78 is 16.4. The van der Waals surface area contributed by atoms with E-state index in [0.717, 1.165) is 19.1 Å². The van der Waals surface area contributed by atoms with Crippen molar-refractivity contribution in [3.05, 3.63) is 47.5 Å². The number of aldehydes is 1. The number of ether oxygens (including phenoxy) is 3. The van der Waals surface area contributed by atoms with E-state index in [9.17, 15) is 4.79 Å². The maximum absolute atomic E-state index is 11.0. The fourth-order valence-electron chi connectivity index (χ4n) is 2.23. The monoisotopic (exact) mass is 300 g/mol. The first kappa shape index (κ1) is 15.9. The summed E-state index contributed by atoms with van der Waals surface area (Å²) in [5, 5.41) is 0. The second-order valence-corrected chi connectivity index (χ2v) is 4.87. The number of carbonyl (C=O) groups is 1. The molecule has 0 aliphatic carbocycles. The highest BCUT2D eigenvalue weighted by Crippen LogP contribution is 2.40. The Morgan fingerprint density at radius 1 is 1.00 bits per heavy atom. The Morgan fingerprint density at radius 3 is 2.23 bits per heavy atom. The highest BCUT2D eigenvalue weighted by atomic mass is 16.5. The zero-order valence-corrected chi connectivity index (χ0v) is 13.1. The van der Waals surface area contributed by atoms with Crippen LogP contribution in [-0.2, 0) is 6.42 Å². The van der Waals surface area contributed by atoms with Crippen molar-refractivity contribution in [2.24, 2.45) is 0 Å². The minimum atomic E-state index is 0.451. The number of hydrogen-bond donors (Lipinski definition) is 0. The van der Waals surface area contributed by atoms with Gasteiger partial charge in [0.25, 0.3) is 0 Å². The van der Waals surface area contributed by atoms with Crippen LogP contribution in [0.3, 0.4) is 0 Å². The molecule has 116 valence electrons. The van der Waals surface area contributed by atoms with Gasteiger partial charge in [0.05, 0.1) is 14.2 Å². The molecule has 0 spiro atoms. The van der Waals surface area contributed by atoms with E-state index in [-0.39, 0.29) is 0 Å². The second kappa shape index (κ2) is 7.50. The zero-order chi connectivity index (χ0) is 15.9. The van der Waals surface area contributed by atoms with Gasteiger partial charge >= 0.3 is 0 Å². The smallest absolute Gasteiger partial charge is 0.203 e. The van der Waals surface area contributed by atoms with E-state index in [1.165, 1.54) is 19.8 Å². The maximum Gasteiger partial charge on any atom is 0.203 e. The predicted octanol–water partition coefficient (Wildman–Crippen LogP) is 4.26. The molecule has 0 atom stereocenters. The van der Waals surface area contributed by atoms with E-state index < -0.39 is 0 Å². The molecule has 22 heavy (non-hydrogen) atoms. The van der Waals surface area contributed by atoms with Crippen molar-refractivity contribution in [2.75, 3.05) is 14.2 Å². The third-order valence-electron chi connectivity index (χ3n) is 3.29. The molecule has 2 aromatic carbocycles. The van der Waals surface area contributed by atoms with Gasteiger partial charge in [-0.05, 0) is 36.2 Å². The van der Waals surface area contributed by atoms with Gasteiger partial charge in [-0.2, -0.15) is 0 Å². The SMILES string of the molecule is CCCc1ccc(Oc2cc(C=O)cc(OC)c2OC)cc1. The summed E-state index contributed by atoms with van der Waals surface area (Å²) in [5.74, 6) is 2.06. The molecule has 0 saturated heterocycles. The fourth-order valence-corrected chi connectivity index (χ4v) is 2.23. The average Bonchev–Trinajstić information content (AvgIpc) is 2.56. The molecule has 0 amide bonds. The first-order valence-corrected chi connectivity index (χ1v) is 7.19. The van der Waals surface area contributed by atoms with Crippen molar-refractivity contribution in [2.45, 2.75) is 19.8 Å². The largest absolute Gasteiger partial charge is 0.493 e. The molecule has 0 unspecified atom stereocenters. The molecule has 2 aromatic rings. The number of hydrogen-bond acceptors (Lipinski definition) is 4. The number of carbonyl (C=O) groups excluding carboxylic acids is 1. The van der Waals surface area contributed by atoms with Crippen LogP contribution < -0.4 is 14.2 Å². The van der Waals surface area contributed by atoms with Crippen LogP contribution in [0.25, 0.3) is 0 Å². The zero-order valence-electron chi connectivity index (χ0n) is 13.1. The molecule has 2 rings (SSSR count). The molecule has 0 heterocycles. The topological polar surface area (TPSA) is 44.8 Å². The Morgan fingerprint density at radius 2 is 1.68 bits per heavy atom. The van der Waals surface area contributed by atoms with E-state index >= 15 is 0 Å². The van der Waals surface area contributed by atoms with Gasteiger partial charge < -0.3 is 14.2 Å². The molecule has 0 aliphatic rings. The summed E-state index contributed by atoms with van der Waals surface area (Å²) >= 11 is 0. The summed E-state index contributed by atoms with van der Waals surface area (Å²) in [6.07, 6.45) is 2.89.